The number of nitrogens with zero attached hydrogens (tertiary/aromatic N) is 1. The maximum absolute atomic E-state index is 11.5. The SMILES string of the molecule is COc1ccc(COCCCC(=O)OC(C)(C)C)cc1[N+](=O)[O-]. The van der Waals surface area contributed by atoms with Crippen molar-refractivity contribution in [3.63, 3.8) is 0 Å². The van der Waals surface area contributed by atoms with Gasteiger partial charge in [0, 0.05) is 19.1 Å². The fourth-order valence-corrected chi connectivity index (χ4v) is 1.87. The third kappa shape index (κ3) is 7.10. The quantitative estimate of drug-likeness (QED) is 0.315. The first-order chi connectivity index (χ1) is 10.7. The van der Waals surface area contributed by atoms with E-state index in [1.807, 2.05) is 20.8 Å². The molecule has 0 radical (unpaired) electrons. The van der Waals surface area contributed by atoms with Crippen LogP contribution in [-0.4, -0.2) is 30.2 Å². The normalized spacial score (nSPS) is 11.1. The molecule has 0 spiro atoms. The zero-order valence-electron chi connectivity index (χ0n) is 14.0. The van der Waals surface area contributed by atoms with E-state index in [1.54, 1.807) is 6.07 Å². The molecule has 1 aromatic carbocycles. The second-order valence-electron chi connectivity index (χ2n) is 6.01. The molecular weight excluding hydrogens is 302 g/mol. The van der Waals surface area contributed by atoms with Crippen LogP contribution in [0.4, 0.5) is 5.69 Å². The van der Waals surface area contributed by atoms with E-state index in [9.17, 15) is 14.9 Å². The molecule has 7 nitrogen and oxygen atoms in total. The van der Waals surface area contributed by atoms with Crippen molar-refractivity contribution >= 4 is 11.7 Å². The van der Waals surface area contributed by atoms with Gasteiger partial charge in [0.15, 0.2) is 5.75 Å². The summed E-state index contributed by atoms with van der Waals surface area (Å²) >= 11 is 0. The van der Waals surface area contributed by atoms with Crippen molar-refractivity contribution in [2.24, 2.45) is 0 Å². The topological polar surface area (TPSA) is 87.9 Å². The van der Waals surface area contributed by atoms with Crippen LogP contribution in [0.5, 0.6) is 5.75 Å². The van der Waals surface area contributed by atoms with Gasteiger partial charge in [0.2, 0.25) is 0 Å². The standard InChI is InChI=1S/C16H23NO6/c1-16(2,3)23-15(18)6-5-9-22-11-12-7-8-14(21-4)13(10-12)17(19)20/h7-8,10H,5-6,9,11H2,1-4H3. The lowest BCUT2D eigenvalue weighted by Crippen LogP contribution is -2.23. The van der Waals surface area contributed by atoms with E-state index in [0.717, 1.165) is 0 Å². The number of carbonyl (C=O) groups is 1. The summed E-state index contributed by atoms with van der Waals surface area (Å²) in [6.45, 7) is 6.06. The highest BCUT2D eigenvalue weighted by atomic mass is 16.6. The second kappa shape index (κ2) is 8.47. The minimum absolute atomic E-state index is 0.0950. The zero-order chi connectivity index (χ0) is 17.5. The predicted octanol–water partition coefficient (Wildman–Crippen LogP) is 3.24. The second-order valence-corrected chi connectivity index (χ2v) is 6.01. The van der Waals surface area contributed by atoms with Gasteiger partial charge in [-0.2, -0.15) is 0 Å². The Balaban J connectivity index is 2.38. The first kappa shape index (κ1) is 18.9. The van der Waals surface area contributed by atoms with E-state index in [0.29, 0.717) is 18.6 Å². The molecule has 0 bridgehead atoms. The Kier molecular flexibility index (Phi) is 6.96. The summed E-state index contributed by atoms with van der Waals surface area (Å²) in [6.07, 6.45) is 0.813. The molecule has 0 atom stereocenters. The molecule has 1 rings (SSSR count). The van der Waals surface area contributed by atoms with Crippen molar-refractivity contribution in [2.75, 3.05) is 13.7 Å². The van der Waals surface area contributed by atoms with Crippen molar-refractivity contribution < 1.29 is 23.9 Å². The molecule has 0 aliphatic carbocycles. The molecule has 7 heteroatoms. The van der Waals surface area contributed by atoms with Crippen molar-refractivity contribution in [3.8, 4) is 5.75 Å². The molecule has 23 heavy (non-hydrogen) atoms. The molecule has 1 aromatic rings. The van der Waals surface area contributed by atoms with Crippen LogP contribution in [0.15, 0.2) is 18.2 Å². The molecule has 0 aromatic heterocycles. The minimum Gasteiger partial charge on any atom is -0.490 e. The number of hydrogen-bond acceptors (Lipinski definition) is 6. The lowest BCUT2D eigenvalue weighted by molar-refractivity contribution is -0.385. The summed E-state index contributed by atoms with van der Waals surface area (Å²) < 4.78 is 15.6. The van der Waals surface area contributed by atoms with Crippen LogP contribution in [-0.2, 0) is 20.9 Å². The molecular formula is C16H23NO6. The molecule has 0 heterocycles. The van der Waals surface area contributed by atoms with E-state index in [4.69, 9.17) is 14.2 Å². The van der Waals surface area contributed by atoms with E-state index in [2.05, 4.69) is 0 Å². The molecule has 0 aliphatic rings. The van der Waals surface area contributed by atoms with Crippen molar-refractivity contribution in [2.45, 2.75) is 45.8 Å². The maximum atomic E-state index is 11.5. The smallest absolute Gasteiger partial charge is 0.311 e. The minimum atomic E-state index is -0.495. The first-order valence-corrected chi connectivity index (χ1v) is 7.34. The lowest BCUT2D eigenvalue weighted by Gasteiger charge is -2.19. The number of hydrogen-bond donors (Lipinski definition) is 0. The van der Waals surface area contributed by atoms with Gasteiger partial charge in [-0.25, -0.2) is 0 Å². The Hall–Kier alpha value is -2.15. The van der Waals surface area contributed by atoms with Gasteiger partial charge in [0.05, 0.1) is 18.6 Å². The molecule has 128 valence electrons. The van der Waals surface area contributed by atoms with Crippen molar-refractivity contribution in [3.05, 3.63) is 33.9 Å². The van der Waals surface area contributed by atoms with E-state index in [1.165, 1.54) is 19.2 Å². The van der Waals surface area contributed by atoms with E-state index >= 15 is 0 Å². The highest BCUT2D eigenvalue weighted by Gasteiger charge is 2.16. The first-order valence-electron chi connectivity index (χ1n) is 7.34. The summed E-state index contributed by atoms with van der Waals surface area (Å²) in [5.74, 6) is -0.0511. The third-order valence-electron chi connectivity index (χ3n) is 2.80. The maximum Gasteiger partial charge on any atom is 0.311 e. The van der Waals surface area contributed by atoms with Crippen LogP contribution < -0.4 is 4.74 Å². The number of nitro benzene ring substituents is 1. The molecule has 0 amide bonds. The Morgan fingerprint density at radius 2 is 2.00 bits per heavy atom. The number of ether oxygens (including phenoxy) is 3. The summed E-state index contributed by atoms with van der Waals surface area (Å²) in [5, 5.41) is 10.9. The lowest BCUT2D eigenvalue weighted by atomic mass is 10.2. The van der Waals surface area contributed by atoms with Gasteiger partial charge in [-0.3, -0.25) is 14.9 Å². The highest BCUT2D eigenvalue weighted by molar-refractivity contribution is 5.69. The van der Waals surface area contributed by atoms with Crippen LogP contribution in [0.3, 0.4) is 0 Å². The Bertz CT molecular complexity index is 550. The van der Waals surface area contributed by atoms with Crippen LogP contribution in [0.25, 0.3) is 0 Å². The van der Waals surface area contributed by atoms with Gasteiger partial charge >= 0.3 is 11.7 Å². The third-order valence-corrected chi connectivity index (χ3v) is 2.80. The summed E-state index contributed by atoms with van der Waals surface area (Å²) in [7, 11) is 1.38. The van der Waals surface area contributed by atoms with Crippen molar-refractivity contribution in [1.82, 2.24) is 0 Å². The average molecular weight is 325 g/mol. The predicted molar refractivity (Wildman–Crippen MR) is 84.4 cm³/mol. The van der Waals surface area contributed by atoms with Crippen LogP contribution in [0.1, 0.15) is 39.2 Å². The highest BCUT2D eigenvalue weighted by Crippen LogP contribution is 2.27. The number of carbonyl (C=O) groups excluding carboxylic acids is 1. The van der Waals surface area contributed by atoms with Gasteiger partial charge in [-0.05, 0) is 38.8 Å². The number of nitro groups is 1. The van der Waals surface area contributed by atoms with Crippen LogP contribution in [0, 0.1) is 10.1 Å². The van der Waals surface area contributed by atoms with Crippen molar-refractivity contribution in [1.29, 1.82) is 0 Å². The number of rotatable bonds is 8. The van der Waals surface area contributed by atoms with Gasteiger partial charge in [-0.15, -0.1) is 0 Å². The van der Waals surface area contributed by atoms with Crippen LogP contribution >= 0.6 is 0 Å². The number of esters is 1. The average Bonchev–Trinajstić information content (AvgIpc) is 2.44. The Morgan fingerprint density at radius 3 is 2.57 bits per heavy atom. The fourth-order valence-electron chi connectivity index (χ4n) is 1.87. The molecule has 0 saturated heterocycles. The van der Waals surface area contributed by atoms with E-state index in [-0.39, 0.29) is 30.4 Å². The molecule has 0 N–H and O–H groups in total. The number of methoxy groups -OCH3 is 1. The monoisotopic (exact) mass is 325 g/mol. The molecule has 0 saturated carbocycles. The van der Waals surface area contributed by atoms with E-state index < -0.39 is 10.5 Å². The van der Waals surface area contributed by atoms with Gasteiger partial charge in [-0.1, -0.05) is 6.07 Å². The molecule has 0 aliphatic heterocycles. The van der Waals surface area contributed by atoms with Crippen LogP contribution in [0.2, 0.25) is 0 Å². The molecule has 0 fully saturated rings. The Morgan fingerprint density at radius 1 is 1.30 bits per heavy atom. The summed E-state index contributed by atoms with van der Waals surface area (Å²) in [5.41, 5.74) is 0.0945. The van der Waals surface area contributed by atoms with Gasteiger partial charge in [0.1, 0.15) is 5.60 Å². The molecule has 0 unspecified atom stereocenters. The fraction of sp³-hybridized carbons (Fsp3) is 0.562. The number of benzene rings is 1. The summed E-state index contributed by atoms with van der Waals surface area (Å²) in [4.78, 5) is 22.0. The Labute approximate surface area is 135 Å². The summed E-state index contributed by atoms with van der Waals surface area (Å²) in [6, 6.07) is 4.67. The largest absolute Gasteiger partial charge is 0.490 e. The zero-order valence-corrected chi connectivity index (χ0v) is 14.0. The van der Waals surface area contributed by atoms with Gasteiger partial charge in [0.25, 0.3) is 0 Å². The van der Waals surface area contributed by atoms with Gasteiger partial charge < -0.3 is 14.2 Å².